The minimum Gasteiger partial charge on any atom is -0.490 e. The van der Waals surface area contributed by atoms with E-state index < -0.39 is 0 Å². The van der Waals surface area contributed by atoms with Gasteiger partial charge in [-0.25, -0.2) is 0 Å². The number of likely N-dealkylation sites (tertiary alicyclic amines) is 1. The third-order valence-electron chi connectivity index (χ3n) is 3.36. The topological polar surface area (TPSA) is 84.2 Å². The second kappa shape index (κ2) is 4.79. The first-order valence-corrected chi connectivity index (χ1v) is 6.37. The smallest absolute Gasteiger partial charge is 0.222 e. The average molecular weight is 260 g/mol. The fraction of sp³-hybridized carbons (Fsp3) is 0.385. The summed E-state index contributed by atoms with van der Waals surface area (Å²) in [7, 11) is 0. The molecule has 2 heterocycles. The largest absolute Gasteiger partial charge is 0.490 e. The number of anilines is 1. The highest BCUT2D eigenvalue weighted by Gasteiger charge is 2.19. The van der Waals surface area contributed by atoms with Crippen molar-refractivity contribution in [3.8, 4) is 5.75 Å². The molecule has 1 amide bonds. The number of nitrogen functional groups attached to an aromatic ring is 1. The molecular weight excluding hydrogens is 244 g/mol. The normalized spacial score (nSPS) is 15.4. The molecule has 3 N–H and O–H groups in total. The van der Waals surface area contributed by atoms with E-state index in [-0.39, 0.29) is 5.91 Å². The van der Waals surface area contributed by atoms with Gasteiger partial charge in [-0.2, -0.15) is 5.10 Å². The lowest BCUT2D eigenvalue weighted by atomic mass is 10.2. The van der Waals surface area contributed by atoms with Gasteiger partial charge in [0.25, 0.3) is 0 Å². The predicted octanol–water partition coefficient (Wildman–Crippen LogP) is 1.15. The van der Waals surface area contributed by atoms with Crippen LogP contribution in [0.1, 0.15) is 12.8 Å². The molecule has 0 saturated carbocycles. The molecule has 19 heavy (non-hydrogen) atoms. The van der Waals surface area contributed by atoms with E-state index in [9.17, 15) is 4.79 Å². The van der Waals surface area contributed by atoms with Gasteiger partial charge in [-0.15, -0.1) is 0 Å². The Hall–Kier alpha value is -2.24. The number of carbonyl (C=O) groups excluding carboxylic acids is 1. The monoisotopic (exact) mass is 260 g/mol. The number of ether oxygens (including phenoxy) is 1. The Labute approximate surface area is 110 Å². The lowest BCUT2D eigenvalue weighted by Gasteiger charge is -2.16. The summed E-state index contributed by atoms with van der Waals surface area (Å²) >= 11 is 0. The third-order valence-corrected chi connectivity index (χ3v) is 3.36. The predicted molar refractivity (Wildman–Crippen MR) is 71.8 cm³/mol. The maximum absolute atomic E-state index is 11.5. The Morgan fingerprint density at radius 2 is 2.37 bits per heavy atom. The number of H-pyrrole nitrogens is 1. The number of nitrogens with zero attached hydrogens (tertiary/aromatic N) is 2. The highest BCUT2D eigenvalue weighted by Crippen LogP contribution is 2.26. The molecule has 1 aromatic carbocycles. The van der Waals surface area contributed by atoms with Crippen molar-refractivity contribution < 1.29 is 9.53 Å². The van der Waals surface area contributed by atoms with Crippen molar-refractivity contribution in [3.63, 3.8) is 0 Å². The van der Waals surface area contributed by atoms with E-state index in [0.717, 1.165) is 23.9 Å². The number of hydrogen-bond donors (Lipinski definition) is 2. The average Bonchev–Trinajstić information content (AvgIpc) is 2.99. The summed E-state index contributed by atoms with van der Waals surface area (Å²) in [6.45, 7) is 1.89. The molecule has 6 heteroatoms. The van der Waals surface area contributed by atoms with E-state index in [0.29, 0.717) is 31.0 Å². The summed E-state index contributed by atoms with van der Waals surface area (Å²) in [5.41, 5.74) is 7.40. The Morgan fingerprint density at radius 1 is 1.47 bits per heavy atom. The van der Waals surface area contributed by atoms with E-state index in [4.69, 9.17) is 10.5 Å². The van der Waals surface area contributed by atoms with Gasteiger partial charge in [0.1, 0.15) is 12.4 Å². The highest BCUT2D eigenvalue weighted by atomic mass is 16.5. The number of nitrogens with one attached hydrogen (secondary N) is 1. The van der Waals surface area contributed by atoms with Gasteiger partial charge >= 0.3 is 0 Å². The standard InChI is InChI=1S/C13H16N4O2/c14-10-6-9-8-15-16-11(9)7-12(10)19-5-4-17-3-1-2-13(17)18/h6-8H,1-5,14H2,(H,15,16). The Morgan fingerprint density at radius 3 is 3.16 bits per heavy atom. The summed E-state index contributed by atoms with van der Waals surface area (Å²) in [4.78, 5) is 13.3. The zero-order valence-corrected chi connectivity index (χ0v) is 10.6. The first-order valence-electron chi connectivity index (χ1n) is 6.37. The van der Waals surface area contributed by atoms with Crippen LogP contribution in [0.5, 0.6) is 5.75 Å². The summed E-state index contributed by atoms with van der Waals surface area (Å²) < 4.78 is 5.66. The number of hydrogen-bond acceptors (Lipinski definition) is 4. The zero-order valence-electron chi connectivity index (χ0n) is 10.6. The number of carbonyl (C=O) groups is 1. The van der Waals surface area contributed by atoms with Gasteiger partial charge in [-0.1, -0.05) is 0 Å². The van der Waals surface area contributed by atoms with Gasteiger partial charge in [-0.05, 0) is 12.5 Å². The first kappa shape index (κ1) is 11.8. The third kappa shape index (κ3) is 2.33. The second-order valence-electron chi connectivity index (χ2n) is 4.68. The molecule has 0 atom stereocenters. The zero-order chi connectivity index (χ0) is 13.2. The molecule has 0 unspecified atom stereocenters. The van der Waals surface area contributed by atoms with Crippen LogP contribution in [0.15, 0.2) is 18.3 Å². The van der Waals surface area contributed by atoms with Crippen LogP contribution in [-0.2, 0) is 4.79 Å². The van der Waals surface area contributed by atoms with Gasteiger partial charge in [0.2, 0.25) is 5.91 Å². The maximum Gasteiger partial charge on any atom is 0.222 e. The number of rotatable bonds is 4. The number of nitrogens with two attached hydrogens (primary N) is 1. The molecule has 3 rings (SSSR count). The van der Waals surface area contributed by atoms with E-state index in [1.165, 1.54) is 0 Å². The van der Waals surface area contributed by atoms with Gasteiger partial charge < -0.3 is 15.4 Å². The Kier molecular flexibility index (Phi) is 2.98. The van der Waals surface area contributed by atoms with Crippen LogP contribution in [0.4, 0.5) is 5.69 Å². The summed E-state index contributed by atoms with van der Waals surface area (Å²) in [6.07, 6.45) is 3.32. The summed E-state index contributed by atoms with van der Waals surface area (Å²) in [6, 6.07) is 3.67. The van der Waals surface area contributed by atoms with Crippen LogP contribution in [0.2, 0.25) is 0 Å². The molecule has 0 spiro atoms. The van der Waals surface area contributed by atoms with Crippen molar-refractivity contribution in [2.75, 3.05) is 25.4 Å². The van der Waals surface area contributed by atoms with Crippen molar-refractivity contribution in [1.29, 1.82) is 0 Å². The van der Waals surface area contributed by atoms with Crippen LogP contribution < -0.4 is 10.5 Å². The molecule has 0 aliphatic carbocycles. The highest BCUT2D eigenvalue weighted by molar-refractivity contribution is 5.84. The first-order chi connectivity index (χ1) is 9.24. The van der Waals surface area contributed by atoms with E-state index in [1.54, 1.807) is 6.20 Å². The van der Waals surface area contributed by atoms with Crippen LogP contribution in [0, 0.1) is 0 Å². The Bertz CT molecular complexity index is 608. The fourth-order valence-electron chi connectivity index (χ4n) is 2.32. The van der Waals surface area contributed by atoms with Gasteiger partial charge in [0, 0.05) is 24.4 Å². The Balaban J connectivity index is 1.64. The van der Waals surface area contributed by atoms with Crippen LogP contribution >= 0.6 is 0 Å². The molecule has 0 radical (unpaired) electrons. The van der Waals surface area contributed by atoms with Crippen LogP contribution in [0.25, 0.3) is 10.9 Å². The van der Waals surface area contributed by atoms with Crippen molar-refractivity contribution in [2.45, 2.75) is 12.8 Å². The molecule has 1 fully saturated rings. The lowest BCUT2D eigenvalue weighted by Crippen LogP contribution is -2.29. The van der Waals surface area contributed by atoms with E-state index in [1.807, 2.05) is 17.0 Å². The molecule has 100 valence electrons. The van der Waals surface area contributed by atoms with Gasteiger partial charge in [-0.3, -0.25) is 9.89 Å². The second-order valence-corrected chi connectivity index (χ2v) is 4.68. The molecule has 1 aliphatic heterocycles. The van der Waals surface area contributed by atoms with Gasteiger partial charge in [0.15, 0.2) is 0 Å². The fourth-order valence-corrected chi connectivity index (χ4v) is 2.32. The van der Waals surface area contributed by atoms with Crippen molar-refractivity contribution in [3.05, 3.63) is 18.3 Å². The number of aromatic amines is 1. The molecular formula is C13H16N4O2. The molecule has 0 bridgehead atoms. The number of benzene rings is 1. The molecule has 6 nitrogen and oxygen atoms in total. The molecule has 2 aromatic rings. The molecule has 1 saturated heterocycles. The van der Waals surface area contributed by atoms with Crippen molar-refractivity contribution in [2.24, 2.45) is 0 Å². The minimum absolute atomic E-state index is 0.209. The van der Waals surface area contributed by atoms with E-state index in [2.05, 4.69) is 10.2 Å². The SMILES string of the molecule is Nc1cc2cn[nH]c2cc1OCCN1CCCC1=O. The van der Waals surface area contributed by atoms with Crippen molar-refractivity contribution >= 4 is 22.5 Å². The van der Waals surface area contributed by atoms with E-state index >= 15 is 0 Å². The molecule has 1 aromatic heterocycles. The molecule has 1 aliphatic rings. The van der Waals surface area contributed by atoms with Gasteiger partial charge in [0.05, 0.1) is 23.9 Å². The van der Waals surface area contributed by atoms with Crippen LogP contribution in [0.3, 0.4) is 0 Å². The lowest BCUT2D eigenvalue weighted by molar-refractivity contribution is -0.128. The number of amides is 1. The quantitative estimate of drug-likeness (QED) is 0.807. The summed E-state index contributed by atoms with van der Waals surface area (Å²) in [5, 5.41) is 7.78. The maximum atomic E-state index is 11.5. The number of fused-ring (bicyclic) bond motifs is 1. The minimum atomic E-state index is 0.209. The van der Waals surface area contributed by atoms with Crippen molar-refractivity contribution in [1.82, 2.24) is 15.1 Å². The number of aromatic nitrogens is 2. The summed E-state index contributed by atoms with van der Waals surface area (Å²) in [5.74, 6) is 0.837. The van der Waals surface area contributed by atoms with Crippen LogP contribution in [-0.4, -0.2) is 40.7 Å².